The van der Waals surface area contributed by atoms with E-state index in [9.17, 15) is 9.90 Å². The van der Waals surface area contributed by atoms with E-state index in [-0.39, 0.29) is 18.2 Å². The number of carbonyl (C=O) groups excluding carboxylic acids is 1. The van der Waals surface area contributed by atoms with Crippen molar-refractivity contribution < 1.29 is 9.90 Å². The number of anilines is 1. The van der Waals surface area contributed by atoms with Gasteiger partial charge in [-0.1, -0.05) is 19.9 Å². The zero-order valence-corrected chi connectivity index (χ0v) is 9.90. The molecule has 0 aliphatic rings. The molecule has 1 unspecified atom stereocenters. The molecule has 2 N–H and O–H groups in total. The molecule has 4 nitrogen and oxygen atoms in total. The van der Waals surface area contributed by atoms with E-state index < -0.39 is 6.10 Å². The highest BCUT2D eigenvalue weighted by molar-refractivity contribution is 5.90. The van der Waals surface area contributed by atoms with Gasteiger partial charge in [0, 0.05) is 6.20 Å². The number of aliphatic hydroxyl groups excluding tert-OH is 1. The predicted molar refractivity (Wildman–Crippen MR) is 63.1 cm³/mol. The topological polar surface area (TPSA) is 62.2 Å². The average molecular weight is 222 g/mol. The standard InChI is InChI=1S/C12H18N2O2/c1-8(2)10(15)6-12(16)14-11-5-4-9(3)7-13-11/h4-5,7-8,10,15H,6H2,1-3H3,(H,13,14,16). The Balaban J connectivity index is 2.48. The number of hydrogen-bond acceptors (Lipinski definition) is 3. The number of hydrogen-bond donors (Lipinski definition) is 2. The lowest BCUT2D eigenvalue weighted by molar-refractivity contribution is -0.118. The summed E-state index contributed by atoms with van der Waals surface area (Å²) in [6.07, 6.45) is 1.19. The second-order valence-corrected chi connectivity index (χ2v) is 4.28. The second kappa shape index (κ2) is 5.61. The maximum Gasteiger partial charge on any atom is 0.228 e. The molecule has 0 radical (unpaired) electrons. The van der Waals surface area contributed by atoms with Crippen LogP contribution < -0.4 is 5.32 Å². The van der Waals surface area contributed by atoms with Gasteiger partial charge in [0.05, 0.1) is 12.5 Å². The zero-order chi connectivity index (χ0) is 12.1. The Bertz CT molecular complexity index is 347. The summed E-state index contributed by atoms with van der Waals surface area (Å²) in [6.45, 7) is 5.69. The fraction of sp³-hybridized carbons (Fsp3) is 0.500. The summed E-state index contributed by atoms with van der Waals surface area (Å²) in [5.41, 5.74) is 1.04. The van der Waals surface area contributed by atoms with Gasteiger partial charge in [-0.05, 0) is 24.5 Å². The Labute approximate surface area is 95.7 Å². The lowest BCUT2D eigenvalue weighted by Crippen LogP contribution is -2.23. The Morgan fingerprint density at radius 2 is 2.19 bits per heavy atom. The predicted octanol–water partition coefficient (Wildman–Crippen LogP) is 1.74. The molecular formula is C12H18N2O2. The Morgan fingerprint density at radius 1 is 1.50 bits per heavy atom. The van der Waals surface area contributed by atoms with Gasteiger partial charge in [-0.25, -0.2) is 4.98 Å². The summed E-state index contributed by atoms with van der Waals surface area (Å²) < 4.78 is 0. The van der Waals surface area contributed by atoms with Gasteiger partial charge in [0.2, 0.25) is 5.91 Å². The van der Waals surface area contributed by atoms with E-state index in [4.69, 9.17) is 0 Å². The van der Waals surface area contributed by atoms with E-state index in [1.54, 1.807) is 12.3 Å². The summed E-state index contributed by atoms with van der Waals surface area (Å²) in [6, 6.07) is 3.62. The third kappa shape index (κ3) is 3.98. The Morgan fingerprint density at radius 3 is 2.69 bits per heavy atom. The van der Waals surface area contributed by atoms with Gasteiger partial charge in [0.1, 0.15) is 5.82 Å². The fourth-order valence-electron chi connectivity index (χ4n) is 1.16. The van der Waals surface area contributed by atoms with Gasteiger partial charge >= 0.3 is 0 Å². The largest absolute Gasteiger partial charge is 0.392 e. The van der Waals surface area contributed by atoms with Crippen molar-refractivity contribution in [1.82, 2.24) is 4.98 Å². The first-order valence-corrected chi connectivity index (χ1v) is 5.39. The zero-order valence-electron chi connectivity index (χ0n) is 9.90. The number of aromatic nitrogens is 1. The summed E-state index contributed by atoms with van der Waals surface area (Å²) in [4.78, 5) is 15.6. The molecule has 0 bridgehead atoms. The molecule has 1 heterocycles. The second-order valence-electron chi connectivity index (χ2n) is 4.28. The van der Waals surface area contributed by atoms with Gasteiger partial charge in [-0.2, -0.15) is 0 Å². The monoisotopic (exact) mass is 222 g/mol. The maximum atomic E-state index is 11.5. The number of nitrogens with zero attached hydrogens (tertiary/aromatic N) is 1. The fourth-order valence-corrected chi connectivity index (χ4v) is 1.16. The smallest absolute Gasteiger partial charge is 0.228 e. The lowest BCUT2D eigenvalue weighted by Gasteiger charge is -2.13. The van der Waals surface area contributed by atoms with Crippen LogP contribution in [0.1, 0.15) is 25.8 Å². The molecule has 1 aromatic rings. The Hall–Kier alpha value is -1.42. The molecule has 1 aromatic heterocycles. The van der Waals surface area contributed by atoms with Gasteiger partial charge in [-0.15, -0.1) is 0 Å². The average Bonchev–Trinajstić information content (AvgIpc) is 2.21. The van der Waals surface area contributed by atoms with Crippen molar-refractivity contribution in [2.75, 3.05) is 5.32 Å². The minimum Gasteiger partial charge on any atom is -0.392 e. The molecule has 0 saturated heterocycles. The molecule has 1 amide bonds. The number of carbonyl (C=O) groups is 1. The van der Waals surface area contributed by atoms with Crippen molar-refractivity contribution in [3.63, 3.8) is 0 Å². The van der Waals surface area contributed by atoms with Crippen LogP contribution in [0.4, 0.5) is 5.82 Å². The molecule has 1 atom stereocenters. The van der Waals surface area contributed by atoms with E-state index in [1.165, 1.54) is 0 Å². The van der Waals surface area contributed by atoms with Gasteiger partial charge in [0.25, 0.3) is 0 Å². The molecule has 0 aliphatic heterocycles. The summed E-state index contributed by atoms with van der Waals surface area (Å²) in [5.74, 6) is 0.390. The third-order valence-corrected chi connectivity index (χ3v) is 2.34. The highest BCUT2D eigenvalue weighted by atomic mass is 16.3. The number of nitrogens with one attached hydrogen (secondary N) is 1. The molecule has 0 saturated carbocycles. The minimum absolute atomic E-state index is 0.0803. The van der Waals surface area contributed by atoms with Crippen molar-refractivity contribution in [2.24, 2.45) is 5.92 Å². The number of rotatable bonds is 4. The first-order valence-electron chi connectivity index (χ1n) is 5.39. The molecule has 0 spiro atoms. The van der Waals surface area contributed by atoms with Crippen molar-refractivity contribution in [2.45, 2.75) is 33.3 Å². The van der Waals surface area contributed by atoms with Crippen LogP contribution in [0.2, 0.25) is 0 Å². The van der Waals surface area contributed by atoms with Gasteiger partial charge < -0.3 is 10.4 Å². The number of aryl methyl sites for hydroxylation is 1. The van der Waals surface area contributed by atoms with Crippen LogP contribution in [0.3, 0.4) is 0 Å². The summed E-state index contributed by atoms with van der Waals surface area (Å²) >= 11 is 0. The number of aliphatic hydroxyl groups is 1. The Kier molecular flexibility index (Phi) is 4.43. The summed E-state index contributed by atoms with van der Waals surface area (Å²) in [7, 11) is 0. The van der Waals surface area contributed by atoms with Crippen LogP contribution in [-0.4, -0.2) is 22.1 Å². The molecule has 16 heavy (non-hydrogen) atoms. The first kappa shape index (κ1) is 12.6. The van der Waals surface area contributed by atoms with E-state index in [0.29, 0.717) is 5.82 Å². The van der Waals surface area contributed by atoms with E-state index in [0.717, 1.165) is 5.56 Å². The van der Waals surface area contributed by atoms with Crippen LogP contribution in [0, 0.1) is 12.8 Å². The van der Waals surface area contributed by atoms with Gasteiger partial charge in [-0.3, -0.25) is 4.79 Å². The number of amides is 1. The van der Waals surface area contributed by atoms with Crippen molar-refractivity contribution in [1.29, 1.82) is 0 Å². The molecule has 1 rings (SSSR count). The molecule has 88 valence electrons. The molecule has 0 aliphatic carbocycles. The van der Waals surface area contributed by atoms with E-state index in [1.807, 2.05) is 26.8 Å². The quantitative estimate of drug-likeness (QED) is 0.815. The van der Waals surface area contributed by atoms with Crippen LogP contribution in [0.25, 0.3) is 0 Å². The molecule has 4 heteroatoms. The third-order valence-electron chi connectivity index (χ3n) is 2.34. The molecule has 0 fully saturated rings. The molecular weight excluding hydrogens is 204 g/mol. The normalized spacial score (nSPS) is 12.6. The molecule has 0 aromatic carbocycles. The van der Waals surface area contributed by atoms with Gasteiger partial charge in [0.15, 0.2) is 0 Å². The summed E-state index contributed by atoms with van der Waals surface area (Å²) in [5, 5.41) is 12.2. The SMILES string of the molecule is Cc1ccc(NC(=O)CC(O)C(C)C)nc1. The van der Waals surface area contributed by atoms with E-state index in [2.05, 4.69) is 10.3 Å². The van der Waals surface area contributed by atoms with Crippen LogP contribution >= 0.6 is 0 Å². The van der Waals surface area contributed by atoms with Crippen molar-refractivity contribution in [3.8, 4) is 0 Å². The number of pyridine rings is 1. The maximum absolute atomic E-state index is 11.5. The van der Waals surface area contributed by atoms with Crippen molar-refractivity contribution >= 4 is 11.7 Å². The highest BCUT2D eigenvalue weighted by Crippen LogP contribution is 2.08. The van der Waals surface area contributed by atoms with Crippen LogP contribution in [0.5, 0.6) is 0 Å². The lowest BCUT2D eigenvalue weighted by atomic mass is 10.0. The van der Waals surface area contributed by atoms with Crippen LogP contribution in [0.15, 0.2) is 18.3 Å². The highest BCUT2D eigenvalue weighted by Gasteiger charge is 2.14. The van der Waals surface area contributed by atoms with E-state index >= 15 is 0 Å². The minimum atomic E-state index is -0.606. The van der Waals surface area contributed by atoms with Crippen LogP contribution in [-0.2, 0) is 4.79 Å². The first-order chi connectivity index (χ1) is 7.49. The van der Waals surface area contributed by atoms with Crippen molar-refractivity contribution in [3.05, 3.63) is 23.9 Å².